The van der Waals surface area contributed by atoms with E-state index in [1.807, 2.05) is 6.08 Å². The Balaban J connectivity index is 0.00000161. The molecule has 0 radical (unpaired) electrons. The number of halogens is 1. The second-order valence-electron chi connectivity index (χ2n) is 6.37. The molecule has 0 aromatic heterocycles. The van der Waals surface area contributed by atoms with E-state index in [1.165, 1.54) is 45.4 Å². The molecule has 0 aromatic carbocycles. The van der Waals surface area contributed by atoms with E-state index in [4.69, 9.17) is 0 Å². The standard InChI is InChI=1S/C16H28N4.HI/c1-3-8-18-16(17-4-2)20-11-13-10-19-9-6-5-7-15(19)14(13)12-20;/h3,13-15H,1,4-12H2,2H3,(H,17,18);1H. The average Bonchev–Trinajstić information content (AvgIpc) is 3.01. The van der Waals surface area contributed by atoms with Crippen molar-refractivity contribution in [2.45, 2.75) is 32.2 Å². The number of piperidine rings is 1. The minimum Gasteiger partial charge on any atom is -0.357 e. The molecule has 21 heavy (non-hydrogen) atoms. The van der Waals surface area contributed by atoms with E-state index >= 15 is 0 Å². The topological polar surface area (TPSA) is 30.9 Å². The highest BCUT2D eigenvalue weighted by Gasteiger charge is 2.47. The van der Waals surface area contributed by atoms with Gasteiger partial charge in [-0.15, -0.1) is 30.6 Å². The second kappa shape index (κ2) is 7.81. The molecule has 0 bridgehead atoms. The highest BCUT2D eigenvalue weighted by Crippen LogP contribution is 2.40. The fraction of sp³-hybridized carbons (Fsp3) is 0.812. The fourth-order valence-corrected chi connectivity index (χ4v) is 4.30. The zero-order valence-electron chi connectivity index (χ0n) is 13.1. The maximum atomic E-state index is 4.65. The van der Waals surface area contributed by atoms with Gasteiger partial charge in [-0.25, -0.2) is 4.99 Å². The van der Waals surface area contributed by atoms with Gasteiger partial charge in [-0.1, -0.05) is 12.5 Å². The van der Waals surface area contributed by atoms with Crippen molar-refractivity contribution in [3.8, 4) is 0 Å². The number of nitrogens with zero attached hydrogens (tertiary/aromatic N) is 3. The number of aliphatic imine (C=N–C) groups is 1. The van der Waals surface area contributed by atoms with Crippen LogP contribution in [0.15, 0.2) is 17.6 Å². The molecular formula is C16H29IN4. The van der Waals surface area contributed by atoms with Gasteiger partial charge < -0.3 is 10.2 Å². The Hall–Kier alpha value is -0.300. The lowest BCUT2D eigenvalue weighted by molar-refractivity contribution is 0.164. The van der Waals surface area contributed by atoms with Crippen molar-refractivity contribution in [2.75, 3.05) is 39.3 Å². The highest BCUT2D eigenvalue weighted by atomic mass is 127. The zero-order chi connectivity index (χ0) is 13.9. The quantitative estimate of drug-likeness (QED) is 0.339. The Morgan fingerprint density at radius 1 is 1.33 bits per heavy atom. The van der Waals surface area contributed by atoms with Gasteiger partial charge in [0.15, 0.2) is 5.96 Å². The number of hydrogen-bond acceptors (Lipinski definition) is 2. The van der Waals surface area contributed by atoms with Crippen LogP contribution in [0.1, 0.15) is 26.2 Å². The van der Waals surface area contributed by atoms with Crippen LogP contribution in [0, 0.1) is 11.8 Å². The number of rotatable bonds is 3. The Kier molecular flexibility index (Phi) is 6.34. The third kappa shape index (κ3) is 3.55. The summed E-state index contributed by atoms with van der Waals surface area (Å²) in [7, 11) is 0. The molecule has 3 rings (SSSR count). The minimum atomic E-state index is 0. The van der Waals surface area contributed by atoms with Gasteiger partial charge in [0.25, 0.3) is 0 Å². The summed E-state index contributed by atoms with van der Waals surface area (Å²) in [6.07, 6.45) is 6.12. The van der Waals surface area contributed by atoms with Crippen LogP contribution < -0.4 is 5.32 Å². The summed E-state index contributed by atoms with van der Waals surface area (Å²) in [6.45, 7) is 12.6. The number of guanidine groups is 1. The Bertz CT molecular complexity index is 384. The SMILES string of the molecule is C=CCN=C(NCC)N1CC2CN3CCCCC3C2C1.I. The molecule has 3 unspecified atom stereocenters. The maximum Gasteiger partial charge on any atom is 0.194 e. The van der Waals surface area contributed by atoms with Crippen LogP contribution in [0.2, 0.25) is 0 Å². The third-order valence-corrected chi connectivity index (χ3v) is 5.12. The van der Waals surface area contributed by atoms with Crippen molar-refractivity contribution in [2.24, 2.45) is 16.8 Å². The normalized spacial score (nSPS) is 32.3. The van der Waals surface area contributed by atoms with E-state index in [0.29, 0.717) is 6.54 Å². The molecule has 0 aromatic rings. The van der Waals surface area contributed by atoms with Crippen LogP contribution in [-0.2, 0) is 0 Å². The van der Waals surface area contributed by atoms with Crippen LogP contribution in [0.4, 0.5) is 0 Å². The monoisotopic (exact) mass is 404 g/mol. The molecule has 0 aliphatic carbocycles. The molecule has 0 spiro atoms. The minimum absolute atomic E-state index is 0. The van der Waals surface area contributed by atoms with E-state index in [1.54, 1.807) is 0 Å². The average molecular weight is 404 g/mol. The van der Waals surface area contributed by atoms with Crippen molar-refractivity contribution >= 4 is 29.9 Å². The summed E-state index contributed by atoms with van der Waals surface area (Å²) in [4.78, 5) is 9.88. The van der Waals surface area contributed by atoms with Gasteiger partial charge in [-0.2, -0.15) is 0 Å². The lowest BCUT2D eigenvalue weighted by atomic mass is 9.90. The van der Waals surface area contributed by atoms with E-state index in [0.717, 1.165) is 30.4 Å². The van der Waals surface area contributed by atoms with Crippen LogP contribution in [0.25, 0.3) is 0 Å². The van der Waals surface area contributed by atoms with Crippen LogP contribution in [-0.4, -0.2) is 61.1 Å². The van der Waals surface area contributed by atoms with Crippen LogP contribution >= 0.6 is 24.0 Å². The molecule has 3 aliphatic rings. The number of fused-ring (bicyclic) bond motifs is 3. The first-order valence-corrected chi connectivity index (χ1v) is 8.21. The summed E-state index contributed by atoms with van der Waals surface area (Å²) in [6, 6.07) is 0.848. The molecule has 1 N–H and O–H groups in total. The van der Waals surface area contributed by atoms with E-state index in [2.05, 4.69) is 33.6 Å². The molecule has 3 heterocycles. The summed E-state index contributed by atoms with van der Waals surface area (Å²) in [5, 5.41) is 3.44. The molecule has 3 saturated heterocycles. The maximum absolute atomic E-state index is 4.65. The first-order chi connectivity index (χ1) is 9.83. The number of likely N-dealkylation sites (tertiary alicyclic amines) is 1. The zero-order valence-corrected chi connectivity index (χ0v) is 15.5. The van der Waals surface area contributed by atoms with Gasteiger partial charge in [-0.3, -0.25) is 4.90 Å². The lowest BCUT2D eigenvalue weighted by Crippen LogP contribution is -2.44. The highest BCUT2D eigenvalue weighted by molar-refractivity contribution is 14.0. The Morgan fingerprint density at radius 2 is 2.19 bits per heavy atom. The van der Waals surface area contributed by atoms with Crippen molar-refractivity contribution in [3.05, 3.63) is 12.7 Å². The third-order valence-electron chi connectivity index (χ3n) is 5.12. The molecule has 0 saturated carbocycles. The van der Waals surface area contributed by atoms with Crippen molar-refractivity contribution in [3.63, 3.8) is 0 Å². The van der Waals surface area contributed by atoms with Crippen molar-refractivity contribution in [1.82, 2.24) is 15.1 Å². The largest absolute Gasteiger partial charge is 0.357 e. The Labute approximate surface area is 146 Å². The lowest BCUT2D eigenvalue weighted by Gasteiger charge is -2.33. The predicted octanol–water partition coefficient (Wildman–Crippen LogP) is 2.17. The van der Waals surface area contributed by atoms with Crippen molar-refractivity contribution < 1.29 is 0 Å². The molecule has 4 nitrogen and oxygen atoms in total. The summed E-state index contributed by atoms with van der Waals surface area (Å²) in [5.41, 5.74) is 0. The molecular weight excluding hydrogens is 375 g/mol. The van der Waals surface area contributed by atoms with Gasteiger partial charge in [0.05, 0.1) is 6.54 Å². The number of nitrogens with one attached hydrogen (secondary N) is 1. The van der Waals surface area contributed by atoms with Gasteiger partial charge in [0.2, 0.25) is 0 Å². The van der Waals surface area contributed by atoms with Crippen LogP contribution in [0.3, 0.4) is 0 Å². The number of hydrogen-bond donors (Lipinski definition) is 1. The van der Waals surface area contributed by atoms with Gasteiger partial charge in [-0.05, 0) is 38.1 Å². The molecule has 3 aliphatic heterocycles. The smallest absolute Gasteiger partial charge is 0.194 e. The Morgan fingerprint density at radius 3 is 2.95 bits per heavy atom. The first-order valence-electron chi connectivity index (χ1n) is 8.21. The second-order valence-corrected chi connectivity index (χ2v) is 6.37. The molecule has 5 heteroatoms. The fourth-order valence-electron chi connectivity index (χ4n) is 4.30. The van der Waals surface area contributed by atoms with Gasteiger partial charge in [0, 0.05) is 32.2 Å². The van der Waals surface area contributed by atoms with E-state index in [-0.39, 0.29) is 24.0 Å². The molecule has 3 fully saturated rings. The molecule has 0 amide bonds. The van der Waals surface area contributed by atoms with E-state index in [9.17, 15) is 0 Å². The molecule has 120 valence electrons. The summed E-state index contributed by atoms with van der Waals surface area (Å²) < 4.78 is 0. The first kappa shape index (κ1) is 17.1. The van der Waals surface area contributed by atoms with Crippen molar-refractivity contribution in [1.29, 1.82) is 0 Å². The molecule has 3 atom stereocenters. The predicted molar refractivity (Wildman–Crippen MR) is 99.4 cm³/mol. The van der Waals surface area contributed by atoms with Crippen LogP contribution in [0.5, 0.6) is 0 Å². The van der Waals surface area contributed by atoms with Gasteiger partial charge >= 0.3 is 0 Å². The summed E-state index contributed by atoms with van der Waals surface area (Å²) in [5.74, 6) is 2.80. The summed E-state index contributed by atoms with van der Waals surface area (Å²) >= 11 is 0. The van der Waals surface area contributed by atoms with E-state index < -0.39 is 0 Å². The van der Waals surface area contributed by atoms with Gasteiger partial charge in [0.1, 0.15) is 0 Å².